The number of nitrogens with two attached hydrogens (primary N) is 1. The molecule has 0 spiro atoms. The van der Waals surface area contributed by atoms with Crippen LogP contribution in [0.2, 0.25) is 0 Å². The van der Waals surface area contributed by atoms with Gasteiger partial charge in [0, 0.05) is 25.5 Å². The van der Waals surface area contributed by atoms with Crippen molar-refractivity contribution in [2.45, 2.75) is 26.4 Å². The molecule has 0 unspecified atom stereocenters. The molecule has 0 atom stereocenters. The van der Waals surface area contributed by atoms with E-state index >= 15 is 0 Å². The molecule has 18 heavy (non-hydrogen) atoms. The normalized spacial score (nSPS) is 10.8. The summed E-state index contributed by atoms with van der Waals surface area (Å²) in [5.41, 5.74) is 5.76. The van der Waals surface area contributed by atoms with Crippen LogP contribution in [-0.4, -0.2) is 36.9 Å². The van der Waals surface area contributed by atoms with E-state index in [0.29, 0.717) is 18.8 Å². The van der Waals surface area contributed by atoms with Gasteiger partial charge in [-0.05, 0) is 6.92 Å². The highest BCUT2D eigenvalue weighted by Gasteiger charge is 2.14. The lowest BCUT2D eigenvalue weighted by atomic mass is 10.2. The molecule has 0 saturated heterocycles. The summed E-state index contributed by atoms with van der Waals surface area (Å²) in [5, 5.41) is 7.68. The van der Waals surface area contributed by atoms with Crippen LogP contribution < -0.4 is 5.73 Å². The summed E-state index contributed by atoms with van der Waals surface area (Å²) in [6.07, 6.45) is 5.40. The summed E-state index contributed by atoms with van der Waals surface area (Å²) < 4.78 is 3.50. The van der Waals surface area contributed by atoms with Crippen molar-refractivity contribution in [2.75, 3.05) is 6.54 Å². The third-order valence-corrected chi connectivity index (χ3v) is 2.64. The lowest BCUT2D eigenvalue weighted by molar-refractivity contribution is 0.0985. The Balaban J connectivity index is 2.07. The number of aromatic nitrogens is 5. The first-order valence-electron chi connectivity index (χ1n) is 5.88. The number of aryl methyl sites for hydroxylation is 1. The molecule has 7 heteroatoms. The van der Waals surface area contributed by atoms with Crippen LogP contribution in [0.15, 0.2) is 18.6 Å². The van der Waals surface area contributed by atoms with Gasteiger partial charge in [-0.1, -0.05) is 5.21 Å². The van der Waals surface area contributed by atoms with Crippen molar-refractivity contribution >= 4 is 5.78 Å². The van der Waals surface area contributed by atoms with Crippen molar-refractivity contribution in [2.24, 2.45) is 5.73 Å². The van der Waals surface area contributed by atoms with E-state index in [1.54, 1.807) is 17.1 Å². The third kappa shape index (κ3) is 2.62. The van der Waals surface area contributed by atoms with E-state index in [1.807, 2.05) is 17.7 Å². The van der Waals surface area contributed by atoms with Crippen molar-refractivity contribution in [3.8, 4) is 0 Å². The number of hydrogen-bond donors (Lipinski definition) is 1. The molecule has 2 N–H and O–H groups in total. The Labute approximate surface area is 105 Å². The average molecular weight is 248 g/mol. The average Bonchev–Trinajstić information content (AvgIpc) is 2.98. The zero-order valence-electron chi connectivity index (χ0n) is 10.3. The van der Waals surface area contributed by atoms with Gasteiger partial charge >= 0.3 is 0 Å². The summed E-state index contributed by atoms with van der Waals surface area (Å²) in [5.74, 6) is 0.662. The van der Waals surface area contributed by atoms with E-state index < -0.39 is 0 Å². The lowest BCUT2D eigenvalue weighted by Crippen LogP contribution is -2.11. The van der Waals surface area contributed by atoms with Gasteiger partial charge in [0.25, 0.3) is 0 Å². The molecule has 0 saturated carbocycles. The van der Waals surface area contributed by atoms with Crippen molar-refractivity contribution in [1.29, 1.82) is 0 Å². The maximum absolute atomic E-state index is 12.0. The fraction of sp³-hybridized carbons (Fsp3) is 0.455. The molecule has 2 aromatic rings. The van der Waals surface area contributed by atoms with E-state index in [2.05, 4.69) is 15.3 Å². The molecule has 0 bridgehead atoms. The summed E-state index contributed by atoms with van der Waals surface area (Å²) in [4.78, 5) is 16.2. The topological polar surface area (TPSA) is 91.6 Å². The Morgan fingerprint density at radius 3 is 3.06 bits per heavy atom. The number of ketones is 1. The van der Waals surface area contributed by atoms with Gasteiger partial charge in [0.05, 0.1) is 19.2 Å². The second-order valence-corrected chi connectivity index (χ2v) is 3.88. The first-order valence-corrected chi connectivity index (χ1v) is 5.88. The molecule has 2 rings (SSSR count). The maximum atomic E-state index is 12.0. The van der Waals surface area contributed by atoms with E-state index in [1.165, 1.54) is 0 Å². The molecule has 2 aromatic heterocycles. The van der Waals surface area contributed by atoms with Gasteiger partial charge in [0.15, 0.2) is 5.78 Å². The maximum Gasteiger partial charge on any atom is 0.192 e. The fourth-order valence-corrected chi connectivity index (χ4v) is 1.70. The van der Waals surface area contributed by atoms with Gasteiger partial charge in [-0.15, -0.1) is 5.10 Å². The molecule has 0 amide bonds. The Morgan fingerprint density at radius 2 is 2.33 bits per heavy atom. The molecule has 0 aliphatic heterocycles. The molecule has 0 aliphatic carbocycles. The van der Waals surface area contributed by atoms with Gasteiger partial charge in [-0.2, -0.15) is 0 Å². The molecular weight excluding hydrogens is 232 g/mol. The van der Waals surface area contributed by atoms with Crippen molar-refractivity contribution in [3.05, 3.63) is 30.1 Å². The van der Waals surface area contributed by atoms with Gasteiger partial charge in [-0.3, -0.25) is 9.48 Å². The largest absolute Gasteiger partial charge is 0.335 e. The molecule has 0 fully saturated rings. The first kappa shape index (κ1) is 12.4. The van der Waals surface area contributed by atoms with Crippen LogP contribution in [-0.2, 0) is 19.5 Å². The smallest absolute Gasteiger partial charge is 0.192 e. The van der Waals surface area contributed by atoms with Gasteiger partial charge < -0.3 is 10.3 Å². The van der Waals surface area contributed by atoms with Crippen LogP contribution in [0.3, 0.4) is 0 Å². The Bertz CT molecular complexity index is 529. The summed E-state index contributed by atoms with van der Waals surface area (Å²) in [6.45, 7) is 3.83. The van der Waals surface area contributed by atoms with Crippen molar-refractivity contribution in [1.82, 2.24) is 24.5 Å². The lowest BCUT2D eigenvalue weighted by Gasteiger charge is -2.02. The second-order valence-electron chi connectivity index (χ2n) is 3.88. The second kappa shape index (κ2) is 5.54. The van der Waals surface area contributed by atoms with Crippen LogP contribution >= 0.6 is 0 Å². The van der Waals surface area contributed by atoms with E-state index in [0.717, 1.165) is 12.4 Å². The van der Waals surface area contributed by atoms with E-state index in [4.69, 9.17) is 5.73 Å². The summed E-state index contributed by atoms with van der Waals surface area (Å²) in [6, 6.07) is 0. The summed E-state index contributed by atoms with van der Waals surface area (Å²) in [7, 11) is 0. The zero-order chi connectivity index (χ0) is 13.0. The number of nitrogens with zero attached hydrogens (tertiary/aromatic N) is 5. The molecule has 2 heterocycles. The fourth-order valence-electron chi connectivity index (χ4n) is 1.70. The minimum Gasteiger partial charge on any atom is -0.335 e. The number of carbonyl (C=O) groups excluding carboxylic acids is 1. The zero-order valence-corrected chi connectivity index (χ0v) is 10.3. The Kier molecular flexibility index (Phi) is 3.83. The number of imidazole rings is 1. The molecule has 7 nitrogen and oxygen atoms in total. The molecule has 0 radical (unpaired) electrons. The first-order chi connectivity index (χ1) is 8.74. The molecule has 0 aromatic carbocycles. The van der Waals surface area contributed by atoms with Gasteiger partial charge in [-0.25, -0.2) is 4.98 Å². The highest BCUT2D eigenvalue weighted by molar-refractivity contribution is 5.94. The number of hydrogen-bond acceptors (Lipinski definition) is 5. The Morgan fingerprint density at radius 1 is 1.50 bits per heavy atom. The van der Waals surface area contributed by atoms with Gasteiger partial charge in [0.1, 0.15) is 11.5 Å². The predicted molar refractivity (Wildman–Crippen MR) is 65.0 cm³/mol. The Hall–Kier alpha value is -2.02. The monoisotopic (exact) mass is 248 g/mol. The van der Waals surface area contributed by atoms with Crippen LogP contribution in [0, 0.1) is 0 Å². The quantitative estimate of drug-likeness (QED) is 0.719. The third-order valence-electron chi connectivity index (χ3n) is 2.64. The van der Waals surface area contributed by atoms with Crippen LogP contribution in [0.5, 0.6) is 0 Å². The highest BCUT2D eigenvalue weighted by Crippen LogP contribution is 2.04. The standard InChI is InChI=1S/C11H16N6O/c1-2-16-6-4-13-11(16)7-10(18)9-8-17(5-3-12)15-14-9/h4,6,8H,2-3,5,7,12H2,1H3. The van der Waals surface area contributed by atoms with Crippen molar-refractivity contribution < 1.29 is 4.79 Å². The number of carbonyl (C=O) groups is 1. The van der Waals surface area contributed by atoms with E-state index in [9.17, 15) is 4.79 Å². The van der Waals surface area contributed by atoms with Crippen LogP contribution in [0.25, 0.3) is 0 Å². The highest BCUT2D eigenvalue weighted by atomic mass is 16.1. The minimum absolute atomic E-state index is 0.0841. The van der Waals surface area contributed by atoms with Crippen LogP contribution in [0.1, 0.15) is 23.2 Å². The predicted octanol–water partition coefficient (Wildman–Crippen LogP) is -0.121. The van der Waals surface area contributed by atoms with Gasteiger partial charge in [0.2, 0.25) is 0 Å². The molecular formula is C11H16N6O. The van der Waals surface area contributed by atoms with E-state index in [-0.39, 0.29) is 12.2 Å². The SMILES string of the molecule is CCn1ccnc1CC(=O)c1cn(CCN)nn1. The number of Topliss-reactive ketones (excluding diaryl/α,β-unsaturated/α-hetero) is 1. The number of rotatable bonds is 6. The molecule has 96 valence electrons. The summed E-state index contributed by atoms with van der Waals surface area (Å²) >= 11 is 0. The molecule has 0 aliphatic rings. The minimum atomic E-state index is -0.0841. The van der Waals surface area contributed by atoms with Crippen molar-refractivity contribution in [3.63, 3.8) is 0 Å². The van der Waals surface area contributed by atoms with Crippen LogP contribution in [0.4, 0.5) is 0 Å².